The van der Waals surface area contributed by atoms with Crippen LogP contribution in [0.3, 0.4) is 0 Å². The van der Waals surface area contributed by atoms with Gasteiger partial charge in [0.05, 0.1) is 23.4 Å². The van der Waals surface area contributed by atoms with Gasteiger partial charge in [-0.3, -0.25) is 9.10 Å². The molecule has 1 amide bonds. The Bertz CT molecular complexity index is 1150. The predicted molar refractivity (Wildman–Crippen MR) is 119 cm³/mol. The fraction of sp³-hybridized carbons (Fsp3) is 0.136. The van der Waals surface area contributed by atoms with Crippen molar-refractivity contribution in [2.45, 2.75) is 11.8 Å². The van der Waals surface area contributed by atoms with Crippen LogP contribution in [0.2, 0.25) is 5.02 Å². The standard InChI is InChI=1S/C22H21ClN2O4S/c1-3-25(18-10-5-4-6-11-18)30(27,28)19-12-13-21(29-2)20(15-19)24-22(26)16-8-7-9-17(23)14-16/h4-15H,3H2,1-2H3,(H,24,26). The van der Waals surface area contributed by atoms with Gasteiger partial charge in [0.15, 0.2) is 0 Å². The summed E-state index contributed by atoms with van der Waals surface area (Å²) in [4.78, 5) is 12.7. The Balaban J connectivity index is 1.98. The van der Waals surface area contributed by atoms with Crippen LogP contribution in [0.1, 0.15) is 17.3 Å². The molecule has 0 fully saturated rings. The fourth-order valence-electron chi connectivity index (χ4n) is 2.98. The van der Waals surface area contributed by atoms with Crippen molar-refractivity contribution in [1.29, 1.82) is 0 Å². The van der Waals surface area contributed by atoms with Gasteiger partial charge in [0, 0.05) is 17.1 Å². The summed E-state index contributed by atoms with van der Waals surface area (Å²) < 4.78 is 33.1. The van der Waals surface area contributed by atoms with Crippen LogP contribution >= 0.6 is 11.6 Å². The molecule has 0 aliphatic heterocycles. The smallest absolute Gasteiger partial charge is 0.264 e. The Morgan fingerprint density at radius 1 is 1.03 bits per heavy atom. The van der Waals surface area contributed by atoms with E-state index in [1.807, 2.05) is 6.07 Å². The SMILES string of the molecule is CCN(c1ccccc1)S(=O)(=O)c1ccc(OC)c(NC(=O)c2cccc(Cl)c2)c1. The number of halogens is 1. The summed E-state index contributed by atoms with van der Waals surface area (Å²) in [5.41, 5.74) is 1.14. The van der Waals surface area contributed by atoms with Crippen molar-refractivity contribution in [3.63, 3.8) is 0 Å². The zero-order chi connectivity index (χ0) is 21.7. The van der Waals surface area contributed by atoms with E-state index in [1.165, 1.54) is 35.7 Å². The van der Waals surface area contributed by atoms with Crippen molar-refractivity contribution in [2.75, 3.05) is 23.3 Å². The van der Waals surface area contributed by atoms with Crippen molar-refractivity contribution < 1.29 is 17.9 Å². The molecule has 0 saturated heterocycles. The highest BCUT2D eigenvalue weighted by Gasteiger charge is 2.25. The van der Waals surface area contributed by atoms with E-state index in [-0.39, 0.29) is 17.1 Å². The highest BCUT2D eigenvalue weighted by Crippen LogP contribution is 2.31. The summed E-state index contributed by atoms with van der Waals surface area (Å²) in [7, 11) is -2.41. The Labute approximate surface area is 181 Å². The minimum Gasteiger partial charge on any atom is -0.495 e. The lowest BCUT2D eigenvalue weighted by molar-refractivity contribution is 0.102. The van der Waals surface area contributed by atoms with Crippen LogP contribution in [0.5, 0.6) is 5.75 Å². The van der Waals surface area contributed by atoms with Crippen molar-refractivity contribution in [3.05, 3.63) is 83.4 Å². The molecule has 0 radical (unpaired) electrons. The zero-order valence-corrected chi connectivity index (χ0v) is 18.1. The first-order valence-corrected chi connectivity index (χ1v) is 11.0. The molecule has 3 aromatic rings. The van der Waals surface area contributed by atoms with Gasteiger partial charge in [-0.25, -0.2) is 8.42 Å². The molecular formula is C22H21ClN2O4S. The first kappa shape index (κ1) is 21.7. The third-order valence-electron chi connectivity index (χ3n) is 4.43. The van der Waals surface area contributed by atoms with Gasteiger partial charge in [0.2, 0.25) is 0 Å². The molecule has 156 valence electrons. The number of amides is 1. The van der Waals surface area contributed by atoms with Gasteiger partial charge < -0.3 is 10.1 Å². The summed E-state index contributed by atoms with van der Waals surface area (Å²) in [5.74, 6) is -0.0900. The number of benzene rings is 3. The number of carbonyl (C=O) groups is 1. The van der Waals surface area contributed by atoms with Gasteiger partial charge in [-0.15, -0.1) is 0 Å². The number of methoxy groups -OCH3 is 1. The Hall–Kier alpha value is -3.03. The summed E-state index contributed by atoms with van der Waals surface area (Å²) in [6, 6.07) is 19.6. The number of nitrogens with one attached hydrogen (secondary N) is 1. The number of hydrogen-bond donors (Lipinski definition) is 1. The molecule has 1 N–H and O–H groups in total. The average molecular weight is 445 g/mol. The molecule has 0 saturated carbocycles. The van der Waals surface area contributed by atoms with Crippen LogP contribution in [0.25, 0.3) is 0 Å². The lowest BCUT2D eigenvalue weighted by Crippen LogP contribution is -2.30. The molecule has 0 atom stereocenters. The average Bonchev–Trinajstić information content (AvgIpc) is 2.74. The van der Waals surface area contributed by atoms with Crippen LogP contribution < -0.4 is 14.4 Å². The van der Waals surface area contributed by atoms with Gasteiger partial charge in [0.25, 0.3) is 15.9 Å². The van der Waals surface area contributed by atoms with Crippen LogP contribution in [0.15, 0.2) is 77.7 Å². The van der Waals surface area contributed by atoms with Crippen LogP contribution in [-0.4, -0.2) is 28.0 Å². The first-order valence-electron chi connectivity index (χ1n) is 9.19. The number of para-hydroxylation sites is 1. The lowest BCUT2D eigenvalue weighted by Gasteiger charge is -2.23. The Kier molecular flexibility index (Phi) is 6.64. The molecule has 3 rings (SSSR count). The number of nitrogens with zero attached hydrogens (tertiary/aromatic N) is 1. The van der Waals surface area contributed by atoms with Crippen LogP contribution in [-0.2, 0) is 10.0 Å². The Morgan fingerprint density at radius 3 is 2.40 bits per heavy atom. The van der Waals surface area contributed by atoms with E-state index in [2.05, 4.69) is 5.32 Å². The molecule has 0 unspecified atom stereocenters. The second kappa shape index (κ2) is 9.19. The number of carbonyl (C=O) groups excluding carboxylic acids is 1. The first-order chi connectivity index (χ1) is 14.4. The summed E-state index contributed by atoms with van der Waals surface area (Å²) >= 11 is 5.96. The molecule has 0 aliphatic carbocycles. The highest BCUT2D eigenvalue weighted by atomic mass is 35.5. The predicted octanol–water partition coefficient (Wildman–Crippen LogP) is 4.82. The molecule has 0 aromatic heterocycles. The molecule has 3 aromatic carbocycles. The van der Waals surface area contributed by atoms with Crippen LogP contribution in [0, 0.1) is 0 Å². The van der Waals surface area contributed by atoms with E-state index in [9.17, 15) is 13.2 Å². The second-order valence-corrected chi connectivity index (χ2v) is 8.63. The van der Waals surface area contributed by atoms with E-state index in [0.29, 0.717) is 22.0 Å². The number of sulfonamides is 1. The van der Waals surface area contributed by atoms with E-state index in [0.717, 1.165) is 0 Å². The van der Waals surface area contributed by atoms with E-state index >= 15 is 0 Å². The molecule has 6 nitrogen and oxygen atoms in total. The van der Waals surface area contributed by atoms with Gasteiger partial charge in [0.1, 0.15) is 5.75 Å². The fourth-order valence-corrected chi connectivity index (χ4v) is 4.67. The second-order valence-electron chi connectivity index (χ2n) is 6.33. The zero-order valence-electron chi connectivity index (χ0n) is 16.5. The number of anilines is 2. The molecule has 0 heterocycles. The van der Waals surface area contributed by atoms with Gasteiger partial charge >= 0.3 is 0 Å². The minimum atomic E-state index is -3.85. The molecule has 8 heteroatoms. The Morgan fingerprint density at radius 2 is 1.77 bits per heavy atom. The van der Waals surface area contributed by atoms with Crippen molar-refractivity contribution >= 4 is 38.9 Å². The number of ether oxygens (including phenoxy) is 1. The maximum atomic E-state index is 13.3. The monoisotopic (exact) mass is 444 g/mol. The molecule has 0 spiro atoms. The summed E-state index contributed by atoms with van der Waals surface area (Å²) in [6.07, 6.45) is 0. The summed E-state index contributed by atoms with van der Waals surface area (Å²) in [5, 5.41) is 3.13. The normalized spacial score (nSPS) is 11.0. The maximum absolute atomic E-state index is 13.3. The van der Waals surface area contributed by atoms with Crippen molar-refractivity contribution in [2.24, 2.45) is 0 Å². The van der Waals surface area contributed by atoms with Gasteiger partial charge in [-0.2, -0.15) is 0 Å². The summed E-state index contributed by atoms with van der Waals surface area (Å²) in [6.45, 7) is 2.01. The van der Waals surface area contributed by atoms with Crippen molar-refractivity contribution in [3.8, 4) is 5.75 Å². The molecule has 0 bridgehead atoms. The van der Waals surface area contributed by atoms with Crippen LogP contribution in [0.4, 0.5) is 11.4 Å². The molecule has 0 aliphatic rings. The minimum absolute atomic E-state index is 0.0374. The molecule has 30 heavy (non-hydrogen) atoms. The van der Waals surface area contributed by atoms with Crippen molar-refractivity contribution in [1.82, 2.24) is 0 Å². The van der Waals surface area contributed by atoms with E-state index < -0.39 is 15.9 Å². The topological polar surface area (TPSA) is 75.7 Å². The molecular weight excluding hydrogens is 424 g/mol. The lowest BCUT2D eigenvalue weighted by atomic mass is 10.2. The van der Waals surface area contributed by atoms with E-state index in [1.54, 1.807) is 49.4 Å². The number of rotatable bonds is 7. The number of hydrogen-bond acceptors (Lipinski definition) is 4. The van der Waals surface area contributed by atoms with E-state index in [4.69, 9.17) is 16.3 Å². The quantitative estimate of drug-likeness (QED) is 0.567. The third kappa shape index (κ3) is 4.58. The third-order valence-corrected chi connectivity index (χ3v) is 6.56. The van der Waals surface area contributed by atoms with Gasteiger partial charge in [-0.1, -0.05) is 35.9 Å². The largest absolute Gasteiger partial charge is 0.495 e. The van der Waals surface area contributed by atoms with Gasteiger partial charge in [-0.05, 0) is 55.5 Å². The highest BCUT2D eigenvalue weighted by molar-refractivity contribution is 7.92. The maximum Gasteiger partial charge on any atom is 0.264 e.